The van der Waals surface area contributed by atoms with E-state index in [2.05, 4.69) is 58.5 Å². The van der Waals surface area contributed by atoms with Gasteiger partial charge in [-0.3, -0.25) is 4.68 Å². The molecular formula is C16H31N3. The number of aryl methyl sites for hydroxylation is 2. The normalized spacial score (nSPS) is 12.4. The van der Waals surface area contributed by atoms with Crippen molar-refractivity contribution < 1.29 is 0 Å². The van der Waals surface area contributed by atoms with Gasteiger partial charge in [0.2, 0.25) is 0 Å². The Morgan fingerprint density at radius 1 is 1.21 bits per heavy atom. The SMILES string of the molecule is Cc1nn(CCC(C)(C)C)c(C)c1CCNC(C)C. The molecule has 1 aromatic rings. The zero-order valence-corrected chi connectivity index (χ0v) is 13.8. The topological polar surface area (TPSA) is 29.9 Å². The van der Waals surface area contributed by atoms with Crippen molar-refractivity contribution in [2.45, 2.75) is 73.9 Å². The van der Waals surface area contributed by atoms with Crippen LogP contribution in [0.1, 0.15) is 58.0 Å². The van der Waals surface area contributed by atoms with Crippen molar-refractivity contribution in [2.24, 2.45) is 5.41 Å². The summed E-state index contributed by atoms with van der Waals surface area (Å²) in [5.41, 5.74) is 4.32. The van der Waals surface area contributed by atoms with Crippen LogP contribution in [0.5, 0.6) is 0 Å². The van der Waals surface area contributed by atoms with E-state index in [9.17, 15) is 0 Å². The fourth-order valence-electron chi connectivity index (χ4n) is 2.24. The van der Waals surface area contributed by atoms with Gasteiger partial charge in [0.25, 0.3) is 0 Å². The first-order valence-electron chi connectivity index (χ1n) is 7.47. The Kier molecular flexibility index (Phi) is 5.60. The average molecular weight is 265 g/mol. The Labute approximate surface area is 118 Å². The molecule has 3 heteroatoms. The summed E-state index contributed by atoms with van der Waals surface area (Å²) in [7, 11) is 0. The van der Waals surface area contributed by atoms with Crippen LogP contribution in [0.15, 0.2) is 0 Å². The number of hydrogen-bond donors (Lipinski definition) is 1. The number of hydrogen-bond acceptors (Lipinski definition) is 2. The van der Waals surface area contributed by atoms with E-state index in [4.69, 9.17) is 5.10 Å². The summed E-state index contributed by atoms with van der Waals surface area (Å²) < 4.78 is 2.19. The Balaban J connectivity index is 2.66. The van der Waals surface area contributed by atoms with Gasteiger partial charge in [-0.15, -0.1) is 0 Å². The Hall–Kier alpha value is -0.830. The lowest BCUT2D eigenvalue weighted by Gasteiger charge is -2.18. The fourth-order valence-corrected chi connectivity index (χ4v) is 2.24. The van der Waals surface area contributed by atoms with Gasteiger partial charge >= 0.3 is 0 Å². The lowest BCUT2D eigenvalue weighted by molar-refractivity contribution is 0.338. The standard InChI is InChI=1S/C16H31N3/c1-12(2)17-10-8-15-13(3)18-19(14(15)4)11-9-16(5,6)7/h12,17H,8-11H2,1-7H3. The molecule has 1 heterocycles. The number of aromatic nitrogens is 2. The molecule has 1 N–H and O–H groups in total. The van der Waals surface area contributed by atoms with E-state index in [1.807, 2.05) is 0 Å². The predicted octanol–water partition coefficient (Wildman–Crippen LogP) is 3.48. The lowest BCUT2D eigenvalue weighted by Crippen LogP contribution is -2.25. The van der Waals surface area contributed by atoms with Crippen LogP contribution in [0.3, 0.4) is 0 Å². The highest BCUT2D eigenvalue weighted by Crippen LogP contribution is 2.21. The molecule has 110 valence electrons. The van der Waals surface area contributed by atoms with Crippen molar-refractivity contribution in [3.63, 3.8) is 0 Å². The summed E-state index contributed by atoms with van der Waals surface area (Å²) >= 11 is 0. The first-order chi connectivity index (χ1) is 8.70. The van der Waals surface area contributed by atoms with Crippen LogP contribution in [0.2, 0.25) is 0 Å². The van der Waals surface area contributed by atoms with Gasteiger partial charge in [-0.2, -0.15) is 5.10 Å². The van der Waals surface area contributed by atoms with Crippen LogP contribution in [-0.4, -0.2) is 22.4 Å². The van der Waals surface area contributed by atoms with Crippen LogP contribution < -0.4 is 5.32 Å². The van der Waals surface area contributed by atoms with Crippen molar-refractivity contribution >= 4 is 0 Å². The molecule has 0 amide bonds. The van der Waals surface area contributed by atoms with E-state index in [1.54, 1.807) is 0 Å². The van der Waals surface area contributed by atoms with E-state index in [-0.39, 0.29) is 0 Å². The van der Waals surface area contributed by atoms with Gasteiger partial charge in [-0.05, 0) is 44.2 Å². The molecule has 1 aromatic heterocycles. The van der Waals surface area contributed by atoms with E-state index in [1.165, 1.54) is 23.4 Å². The zero-order chi connectivity index (χ0) is 14.6. The molecular weight excluding hydrogens is 234 g/mol. The summed E-state index contributed by atoms with van der Waals surface area (Å²) in [4.78, 5) is 0. The van der Waals surface area contributed by atoms with Gasteiger partial charge in [-0.25, -0.2) is 0 Å². The average Bonchev–Trinajstić information content (AvgIpc) is 2.52. The summed E-state index contributed by atoms with van der Waals surface area (Å²) in [6.07, 6.45) is 2.24. The number of nitrogens with one attached hydrogen (secondary N) is 1. The molecule has 0 spiro atoms. The second-order valence-corrected chi connectivity index (χ2v) is 7.04. The maximum absolute atomic E-state index is 4.70. The maximum Gasteiger partial charge on any atom is 0.0628 e. The molecule has 0 aliphatic carbocycles. The molecule has 0 fully saturated rings. The van der Waals surface area contributed by atoms with Gasteiger partial charge < -0.3 is 5.32 Å². The molecule has 0 saturated carbocycles. The van der Waals surface area contributed by atoms with Crippen LogP contribution in [-0.2, 0) is 13.0 Å². The minimum atomic E-state index is 0.367. The molecule has 0 atom stereocenters. The fraction of sp³-hybridized carbons (Fsp3) is 0.812. The summed E-state index contributed by atoms with van der Waals surface area (Å²) in [5, 5.41) is 8.18. The van der Waals surface area contributed by atoms with Crippen molar-refractivity contribution in [1.29, 1.82) is 0 Å². The molecule has 19 heavy (non-hydrogen) atoms. The van der Waals surface area contributed by atoms with Gasteiger partial charge in [0.15, 0.2) is 0 Å². The van der Waals surface area contributed by atoms with Crippen LogP contribution >= 0.6 is 0 Å². The Morgan fingerprint density at radius 2 is 1.84 bits per heavy atom. The quantitative estimate of drug-likeness (QED) is 0.853. The predicted molar refractivity (Wildman–Crippen MR) is 82.6 cm³/mol. The number of rotatable bonds is 6. The highest BCUT2D eigenvalue weighted by molar-refractivity contribution is 5.24. The molecule has 0 bridgehead atoms. The molecule has 0 aliphatic rings. The molecule has 3 nitrogen and oxygen atoms in total. The molecule has 0 saturated heterocycles. The largest absolute Gasteiger partial charge is 0.314 e. The van der Waals surface area contributed by atoms with Crippen molar-refractivity contribution in [3.05, 3.63) is 17.0 Å². The summed E-state index contributed by atoms with van der Waals surface area (Å²) in [6, 6.07) is 0.552. The Bertz CT molecular complexity index is 397. The first kappa shape index (κ1) is 16.2. The third-order valence-electron chi connectivity index (χ3n) is 3.53. The third kappa shape index (κ3) is 5.35. The van der Waals surface area contributed by atoms with E-state index in [0.717, 1.165) is 19.5 Å². The minimum absolute atomic E-state index is 0.367. The second-order valence-electron chi connectivity index (χ2n) is 7.04. The molecule has 0 radical (unpaired) electrons. The van der Waals surface area contributed by atoms with Crippen molar-refractivity contribution in [2.75, 3.05) is 6.54 Å². The van der Waals surface area contributed by atoms with Crippen LogP contribution in [0, 0.1) is 19.3 Å². The van der Waals surface area contributed by atoms with Crippen LogP contribution in [0.25, 0.3) is 0 Å². The highest BCUT2D eigenvalue weighted by Gasteiger charge is 2.14. The minimum Gasteiger partial charge on any atom is -0.314 e. The lowest BCUT2D eigenvalue weighted by atomic mass is 9.92. The first-order valence-corrected chi connectivity index (χ1v) is 7.47. The van der Waals surface area contributed by atoms with Gasteiger partial charge in [-0.1, -0.05) is 34.6 Å². The van der Waals surface area contributed by atoms with Crippen molar-refractivity contribution in [1.82, 2.24) is 15.1 Å². The van der Waals surface area contributed by atoms with Gasteiger partial charge in [0.1, 0.15) is 0 Å². The van der Waals surface area contributed by atoms with Gasteiger partial charge in [0.05, 0.1) is 5.69 Å². The van der Waals surface area contributed by atoms with Crippen LogP contribution in [0.4, 0.5) is 0 Å². The van der Waals surface area contributed by atoms with E-state index >= 15 is 0 Å². The monoisotopic (exact) mass is 265 g/mol. The second kappa shape index (κ2) is 6.56. The summed E-state index contributed by atoms with van der Waals surface area (Å²) in [5.74, 6) is 0. The number of nitrogens with zero attached hydrogens (tertiary/aromatic N) is 2. The molecule has 0 aromatic carbocycles. The van der Waals surface area contributed by atoms with E-state index in [0.29, 0.717) is 11.5 Å². The third-order valence-corrected chi connectivity index (χ3v) is 3.53. The maximum atomic E-state index is 4.70. The zero-order valence-electron chi connectivity index (χ0n) is 13.8. The van der Waals surface area contributed by atoms with Crippen molar-refractivity contribution in [3.8, 4) is 0 Å². The van der Waals surface area contributed by atoms with Gasteiger partial charge in [0, 0.05) is 18.3 Å². The summed E-state index contributed by atoms with van der Waals surface area (Å²) in [6.45, 7) is 17.6. The highest BCUT2D eigenvalue weighted by atomic mass is 15.3. The molecule has 1 rings (SSSR count). The molecule has 0 unspecified atom stereocenters. The molecule has 0 aliphatic heterocycles. The Morgan fingerprint density at radius 3 is 2.37 bits per heavy atom. The smallest absolute Gasteiger partial charge is 0.0628 e. The van der Waals surface area contributed by atoms with E-state index < -0.39 is 0 Å².